The maximum atomic E-state index is 12.5. The second-order valence-corrected chi connectivity index (χ2v) is 7.90. The van der Waals surface area contributed by atoms with Gasteiger partial charge in [0, 0.05) is 24.3 Å². The Morgan fingerprint density at radius 1 is 1.21 bits per heavy atom. The summed E-state index contributed by atoms with van der Waals surface area (Å²) >= 11 is 0. The molecule has 0 bridgehead atoms. The molecule has 182 valence electrons. The van der Waals surface area contributed by atoms with E-state index in [1.165, 1.54) is 12.1 Å². The summed E-state index contributed by atoms with van der Waals surface area (Å²) in [5.74, 6) is -3.46. The number of carboxylic acids is 2. The first-order valence-electron chi connectivity index (χ1n) is 10.7. The van der Waals surface area contributed by atoms with Gasteiger partial charge in [0.1, 0.15) is 11.7 Å². The highest BCUT2D eigenvalue weighted by atomic mass is 16.4. The lowest BCUT2D eigenvalue weighted by molar-refractivity contribution is -0.144. The molecule has 0 saturated carbocycles. The van der Waals surface area contributed by atoms with Gasteiger partial charge in [-0.05, 0) is 37.1 Å². The van der Waals surface area contributed by atoms with E-state index < -0.39 is 29.8 Å². The zero-order valence-electron chi connectivity index (χ0n) is 18.4. The predicted molar refractivity (Wildman–Crippen MR) is 125 cm³/mol. The third kappa shape index (κ3) is 5.94. The molecule has 34 heavy (non-hydrogen) atoms. The number of carbonyl (C=O) groups excluding carboxylic acids is 1. The van der Waals surface area contributed by atoms with Crippen molar-refractivity contribution in [2.24, 2.45) is 5.92 Å². The Morgan fingerprint density at radius 3 is 2.53 bits per heavy atom. The number of hydrogen-bond donors (Lipinski definition) is 8. The largest absolute Gasteiger partial charge is 0.481 e. The van der Waals surface area contributed by atoms with Crippen molar-refractivity contribution in [3.8, 4) is 0 Å². The summed E-state index contributed by atoms with van der Waals surface area (Å²) in [7, 11) is 0. The molecule has 13 heteroatoms. The Bertz CT molecular complexity index is 1120. The lowest BCUT2D eigenvalue weighted by Gasteiger charge is -2.27. The summed E-state index contributed by atoms with van der Waals surface area (Å²) < 4.78 is 0. The van der Waals surface area contributed by atoms with Crippen molar-refractivity contribution in [2.45, 2.75) is 31.8 Å². The quantitative estimate of drug-likeness (QED) is 0.236. The third-order valence-electron chi connectivity index (χ3n) is 5.47. The van der Waals surface area contributed by atoms with Crippen molar-refractivity contribution < 1.29 is 24.6 Å². The van der Waals surface area contributed by atoms with Crippen molar-refractivity contribution in [2.75, 3.05) is 34.8 Å². The van der Waals surface area contributed by atoms with E-state index in [1.54, 1.807) is 19.1 Å². The fourth-order valence-electron chi connectivity index (χ4n) is 3.52. The van der Waals surface area contributed by atoms with Crippen LogP contribution in [-0.2, 0) is 9.59 Å². The van der Waals surface area contributed by atoms with Gasteiger partial charge in [-0.2, -0.15) is 4.98 Å². The van der Waals surface area contributed by atoms with Gasteiger partial charge in [-0.1, -0.05) is 6.92 Å². The number of carbonyl (C=O) groups is 3. The maximum Gasteiger partial charge on any atom is 0.326 e. The normalized spacial score (nSPS) is 16.2. The number of carboxylic acid groups (broad SMARTS) is 2. The number of amides is 1. The summed E-state index contributed by atoms with van der Waals surface area (Å²) in [6.07, 6.45) is 0.0499. The Balaban J connectivity index is 1.56. The van der Waals surface area contributed by atoms with Crippen LogP contribution < -0.4 is 32.6 Å². The molecule has 1 aromatic heterocycles. The molecule has 2 heterocycles. The second kappa shape index (κ2) is 10.6. The first-order chi connectivity index (χ1) is 16.2. The standard InChI is InChI=1S/C21H27N7O6/c1-2-10(19(31)32)7-14(20(33)34)26-17(29)11-3-5-12(6-4-11)23-8-13-9-24-16-15(25-13)18(30)28-21(22)27-16/h3-6,10,13-14,23,25H,2,7-9H2,1H3,(H,26,29)(H,31,32)(H,33,34)(H4,22,24,27,28,30). The van der Waals surface area contributed by atoms with Crippen molar-refractivity contribution >= 4 is 41.0 Å². The van der Waals surface area contributed by atoms with Gasteiger partial charge in [0.15, 0.2) is 5.82 Å². The molecule has 3 unspecified atom stereocenters. The molecule has 1 amide bonds. The Labute approximate surface area is 194 Å². The van der Waals surface area contributed by atoms with Gasteiger partial charge in [0.2, 0.25) is 5.95 Å². The molecular formula is C21H27N7O6. The van der Waals surface area contributed by atoms with Crippen LogP contribution in [0.15, 0.2) is 29.1 Å². The highest BCUT2D eigenvalue weighted by Gasteiger charge is 2.27. The molecule has 1 aliphatic rings. The van der Waals surface area contributed by atoms with Gasteiger partial charge >= 0.3 is 11.9 Å². The minimum atomic E-state index is -1.31. The van der Waals surface area contributed by atoms with E-state index in [-0.39, 0.29) is 36.0 Å². The number of rotatable bonds is 10. The molecule has 0 aliphatic carbocycles. The number of nitrogens with one attached hydrogen (secondary N) is 5. The van der Waals surface area contributed by atoms with Crippen LogP contribution in [0.5, 0.6) is 0 Å². The van der Waals surface area contributed by atoms with Crippen LogP contribution in [0.25, 0.3) is 0 Å². The highest BCUT2D eigenvalue weighted by molar-refractivity contribution is 5.97. The predicted octanol–water partition coefficient (Wildman–Crippen LogP) is 0.354. The topological polar surface area (TPSA) is 212 Å². The molecular weight excluding hydrogens is 446 g/mol. The van der Waals surface area contributed by atoms with Crippen LogP contribution in [0.2, 0.25) is 0 Å². The molecule has 3 atom stereocenters. The van der Waals surface area contributed by atoms with Crippen molar-refractivity contribution in [1.29, 1.82) is 0 Å². The van der Waals surface area contributed by atoms with Crippen LogP contribution >= 0.6 is 0 Å². The number of nitrogens with two attached hydrogens (primary N) is 1. The van der Waals surface area contributed by atoms with Gasteiger partial charge in [0.05, 0.1) is 12.0 Å². The van der Waals surface area contributed by atoms with E-state index in [0.717, 1.165) is 0 Å². The van der Waals surface area contributed by atoms with Crippen LogP contribution in [0.4, 0.5) is 23.1 Å². The molecule has 2 aromatic rings. The van der Waals surface area contributed by atoms with E-state index in [0.29, 0.717) is 30.3 Å². The zero-order valence-corrected chi connectivity index (χ0v) is 18.4. The molecule has 1 aromatic carbocycles. The van der Waals surface area contributed by atoms with Gasteiger partial charge in [0.25, 0.3) is 11.5 Å². The minimum absolute atomic E-state index is 0.0282. The average molecular weight is 473 g/mol. The Kier molecular flexibility index (Phi) is 7.56. The fraction of sp³-hybridized carbons (Fsp3) is 0.381. The van der Waals surface area contributed by atoms with E-state index in [4.69, 9.17) is 10.8 Å². The number of benzene rings is 1. The van der Waals surface area contributed by atoms with E-state index >= 15 is 0 Å². The minimum Gasteiger partial charge on any atom is -0.481 e. The number of hydrogen-bond acceptors (Lipinski definition) is 9. The summed E-state index contributed by atoms with van der Waals surface area (Å²) in [5.41, 5.74) is 6.42. The van der Waals surface area contributed by atoms with Gasteiger partial charge in [-0.25, -0.2) is 4.79 Å². The molecule has 0 spiro atoms. The van der Waals surface area contributed by atoms with Crippen LogP contribution in [0.3, 0.4) is 0 Å². The van der Waals surface area contributed by atoms with Crippen LogP contribution in [0, 0.1) is 5.92 Å². The Hall–Kier alpha value is -4.29. The summed E-state index contributed by atoms with van der Waals surface area (Å²) in [6.45, 7) is 2.60. The lowest BCUT2D eigenvalue weighted by atomic mass is 9.97. The van der Waals surface area contributed by atoms with E-state index in [1.807, 2.05) is 0 Å². The number of aromatic amines is 1. The van der Waals surface area contributed by atoms with Crippen LogP contribution in [0.1, 0.15) is 30.1 Å². The monoisotopic (exact) mass is 473 g/mol. The van der Waals surface area contributed by atoms with Crippen molar-refractivity contribution in [1.82, 2.24) is 15.3 Å². The maximum absolute atomic E-state index is 12.5. The molecule has 13 nitrogen and oxygen atoms in total. The summed E-state index contributed by atoms with van der Waals surface area (Å²) in [5, 5.41) is 30.3. The number of fused-ring (bicyclic) bond motifs is 1. The average Bonchev–Trinajstić information content (AvgIpc) is 2.80. The van der Waals surface area contributed by atoms with Crippen molar-refractivity contribution in [3.05, 3.63) is 40.2 Å². The molecule has 3 rings (SSSR count). The summed E-state index contributed by atoms with van der Waals surface area (Å²) in [6, 6.07) is 4.95. The number of H-pyrrole nitrogens is 1. The fourth-order valence-corrected chi connectivity index (χ4v) is 3.52. The molecule has 0 fully saturated rings. The third-order valence-corrected chi connectivity index (χ3v) is 5.47. The number of anilines is 4. The highest BCUT2D eigenvalue weighted by Crippen LogP contribution is 2.20. The van der Waals surface area contributed by atoms with Gasteiger partial charge in [-0.15, -0.1) is 0 Å². The second-order valence-electron chi connectivity index (χ2n) is 7.90. The number of aromatic nitrogens is 2. The van der Waals surface area contributed by atoms with E-state index in [9.17, 15) is 24.3 Å². The zero-order chi connectivity index (χ0) is 24.8. The smallest absolute Gasteiger partial charge is 0.326 e. The van der Waals surface area contributed by atoms with Crippen molar-refractivity contribution in [3.63, 3.8) is 0 Å². The number of nitrogen functional groups attached to an aromatic ring is 1. The molecule has 9 N–H and O–H groups in total. The van der Waals surface area contributed by atoms with Gasteiger partial charge < -0.3 is 37.2 Å². The first kappa shape index (κ1) is 24.4. The molecule has 0 radical (unpaired) electrons. The first-order valence-corrected chi connectivity index (χ1v) is 10.7. The molecule has 0 saturated heterocycles. The van der Waals surface area contributed by atoms with Crippen LogP contribution in [-0.4, -0.2) is 63.2 Å². The van der Waals surface area contributed by atoms with E-state index in [2.05, 4.69) is 31.2 Å². The SMILES string of the molecule is CCC(CC(NC(=O)c1ccc(NCC2CNc3nc(N)[nH]c(=O)c3N2)cc1)C(=O)O)C(=O)O. The Morgan fingerprint density at radius 2 is 1.91 bits per heavy atom. The number of aliphatic carboxylic acids is 2. The van der Waals surface area contributed by atoms with Gasteiger partial charge in [-0.3, -0.25) is 19.4 Å². The molecule has 1 aliphatic heterocycles. The summed E-state index contributed by atoms with van der Waals surface area (Å²) in [4.78, 5) is 53.7. The lowest BCUT2D eigenvalue weighted by Crippen LogP contribution is -2.43. The number of nitrogens with zero attached hydrogens (tertiary/aromatic N) is 1.